The zero-order valence-electron chi connectivity index (χ0n) is 17.5. The Morgan fingerprint density at radius 3 is 2.26 bits per heavy atom. The number of carbonyl (C=O) groups excluding carboxylic acids is 1. The molecule has 0 saturated carbocycles. The number of aromatic nitrogens is 2. The van der Waals surface area contributed by atoms with E-state index in [1.807, 2.05) is 18.4 Å². The van der Waals surface area contributed by atoms with Crippen molar-refractivity contribution >= 4 is 17.4 Å². The number of imidazole rings is 1. The van der Waals surface area contributed by atoms with Crippen molar-refractivity contribution in [1.29, 1.82) is 0 Å². The number of benzene rings is 2. The van der Waals surface area contributed by atoms with Gasteiger partial charge in [-0.2, -0.15) is 0 Å². The fourth-order valence-corrected chi connectivity index (χ4v) is 3.62. The van der Waals surface area contributed by atoms with Crippen LogP contribution in [0.4, 0.5) is 20.3 Å². The average molecular weight is 425 g/mol. The van der Waals surface area contributed by atoms with E-state index in [4.69, 9.17) is 10.7 Å². The Kier molecular flexibility index (Phi) is 5.73. The second kappa shape index (κ2) is 8.47. The van der Waals surface area contributed by atoms with Gasteiger partial charge < -0.3 is 20.5 Å². The molecule has 2 aromatic carbocycles. The molecule has 6 nitrogen and oxygen atoms in total. The van der Waals surface area contributed by atoms with Crippen LogP contribution in [0.1, 0.15) is 19.7 Å². The molecule has 3 aromatic rings. The van der Waals surface area contributed by atoms with Crippen LogP contribution in [0, 0.1) is 17.6 Å². The lowest BCUT2D eigenvalue weighted by Crippen LogP contribution is -2.49. The van der Waals surface area contributed by atoms with E-state index in [0.717, 1.165) is 5.56 Å². The molecule has 1 atom stereocenters. The predicted molar refractivity (Wildman–Crippen MR) is 116 cm³/mol. The fraction of sp³-hybridized carbons (Fsp3) is 0.304. The van der Waals surface area contributed by atoms with Gasteiger partial charge in [0.05, 0.1) is 12.6 Å². The van der Waals surface area contributed by atoms with E-state index in [1.165, 1.54) is 24.3 Å². The Labute approximate surface area is 179 Å². The Bertz CT molecular complexity index is 1080. The molecule has 2 heterocycles. The topological polar surface area (TPSA) is 76.2 Å². The van der Waals surface area contributed by atoms with Crippen molar-refractivity contribution in [2.24, 2.45) is 11.7 Å². The summed E-state index contributed by atoms with van der Waals surface area (Å²) in [5, 5.41) is 3.32. The highest BCUT2D eigenvalue weighted by atomic mass is 19.1. The first kappa shape index (κ1) is 21.0. The minimum atomic E-state index is -0.560. The van der Waals surface area contributed by atoms with Crippen LogP contribution in [0.5, 0.6) is 0 Å². The zero-order chi connectivity index (χ0) is 22.1. The highest BCUT2D eigenvalue weighted by Gasteiger charge is 2.30. The number of carbonyl (C=O) groups is 1. The van der Waals surface area contributed by atoms with Crippen LogP contribution >= 0.6 is 0 Å². The third-order valence-electron chi connectivity index (χ3n) is 5.51. The zero-order valence-corrected chi connectivity index (χ0v) is 17.5. The highest BCUT2D eigenvalue weighted by molar-refractivity contribution is 5.82. The van der Waals surface area contributed by atoms with E-state index in [9.17, 15) is 13.6 Å². The van der Waals surface area contributed by atoms with Gasteiger partial charge in [-0.1, -0.05) is 13.8 Å². The summed E-state index contributed by atoms with van der Waals surface area (Å²) < 4.78 is 28.8. The first-order valence-electron chi connectivity index (χ1n) is 10.3. The van der Waals surface area contributed by atoms with Gasteiger partial charge in [0.25, 0.3) is 0 Å². The number of hydrogen-bond donors (Lipinski definition) is 2. The standard InChI is InChI=1S/C23H25F2N5O/c1-14(2)20(26)23(31)29-11-12-30-19(13-29)28-21(15-3-5-16(24)6-4-15)22(30)27-18-9-7-17(25)8-10-18/h3-10,14,20,27H,11-13,26H2,1-2H3/t20-/m0/s1. The number of nitrogens with two attached hydrogens (primary N) is 1. The molecule has 162 valence electrons. The van der Waals surface area contributed by atoms with E-state index < -0.39 is 6.04 Å². The molecule has 0 radical (unpaired) electrons. The normalized spacial score (nSPS) is 14.5. The number of halogens is 2. The van der Waals surface area contributed by atoms with Crippen molar-refractivity contribution in [1.82, 2.24) is 14.5 Å². The third-order valence-corrected chi connectivity index (χ3v) is 5.51. The van der Waals surface area contributed by atoms with Gasteiger partial charge in [0, 0.05) is 24.3 Å². The van der Waals surface area contributed by atoms with E-state index >= 15 is 0 Å². The monoisotopic (exact) mass is 425 g/mol. The summed E-state index contributed by atoms with van der Waals surface area (Å²) in [7, 11) is 0. The molecule has 1 aromatic heterocycles. The molecule has 8 heteroatoms. The summed E-state index contributed by atoms with van der Waals surface area (Å²) in [5.74, 6) is 0.712. The van der Waals surface area contributed by atoms with Crippen LogP contribution < -0.4 is 11.1 Å². The maximum absolute atomic E-state index is 13.5. The van der Waals surface area contributed by atoms with Crippen molar-refractivity contribution in [3.63, 3.8) is 0 Å². The van der Waals surface area contributed by atoms with Gasteiger partial charge in [0.15, 0.2) is 0 Å². The summed E-state index contributed by atoms with van der Waals surface area (Å²) >= 11 is 0. The van der Waals surface area contributed by atoms with Gasteiger partial charge >= 0.3 is 0 Å². The van der Waals surface area contributed by atoms with Crippen molar-refractivity contribution in [2.45, 2.75) is 33.0 Å². The smallest absolute Gasteiger partial charge is 0.240 e. The Morgan fingerprint density at radius 2 is 1.65 bits per heavy atom. The number of nitrogens with zero attached hydrogens (tertiary/aromatic N) is 3. The van der Waals surface area contributed by atoms with Gasteiger partial charge in [-0.25, -0.2) is 13.8 Å². The van der Waals surface area contributed by atoms with E-state index in [1.54, 1.807) is 29.2 Å². The molecule has 1 aliphatic heterocycles. The fourth-order valence-electron chi connectivity index (χ4n) is 3.62. The van der Waals surface area contributed by atoms with Gasteiger partial charge in [-0.05, 0) is 54.4 Å². The first-order valence-corrected chi connectivity index (χ1v) is 10.3. The lowest BCUT2D eigenvalue weighted by Gasteiger charge is -2.31. The number of fused-ring (bicyclic) bond motifs is 1. The van der Waals surface area contributed by atoms with Crippen LogP contribution in [-0.4, -0.2) is 32.9 Å². The molecular formula is C23H25F2N5O. The Morgan fingerprint density at radius 1 is 1.03 bits per heavy atom. The van der Waals surface area contributed by atoms with Crippen LogP contribution in [0.2, 0.25) is 0 Å². The molecule has 0 aliphatic carbocycles. The molecule has 0 unspecified atom stereocenters. The molecule has 0 fully saturated rings. The van der Waals surface area contributed by atoms with E-state index in [0.29, 0.717) is 42.7 Å². The predicted octanol–water partition coefficient (Wildman–Crippen LogP) is 3.90. The van der Waals surface area contributed by atoms with Crippen molar-refractivity contribution in [3.05, 3.63) is 66.0 Å². The molecule has 3 N–H and O–H groups in total. The van der Waals surface area contributed by atoms with E-state index in [-0.39, 0.29) is 23.5 Å². The number of anilines is 2. The third kappa shape index (κ3) is 4.29. The number of amides is 1. The molecule has 4 rings (SSSR count). The number of rotatable bonds is 5. The first-order chi connectivity index (χ1) is 14.8. The Hall–Kier alpha value is -3.26. The van der Waals surface area contributed by atoms with Crippen LogP contribution in [0.15, 0.2) is 48.5 Å². The summed E-state index contributed by atoms with van der Waals surface area (Å²) in [5.41, 5.74) is 8.15. The van der Waals surface area contributed by atoms with Crippen LogP contribution in [0.25, 0.3) is 11.3 Å². The summed E-state index contributed by atoms with van der Waals surface area (Å²) in [6.07, 6.45) is 0. The quantitative estimate of drug-likeness (QED) is 0.650. The lowest BCUT2D eigenvalue weighted by atomic mass is 10.0. The molecule has 1 aliphatic rings. The number of hydrogen-bond acceptors (Lipinski definition) is 4. The second-order valence-electron chi connectivity index (χ2n) is 8.05. The maximum Gasteiger partial charge on any atom is 0.240 e. The summed E-state index contributed by atoms with van der Waals surface area (Å²) in [4.78, 5) is 19.2. The SMILES string of the molecule is CC(C)[C@H](N)C(=O)N1CCn2c(nc(-c3ccc(F)cc3)c2Nc2ccc(F)cc2)C1. The average Bonchev–Trinajstić information content (AvgIpc) is 3.12. The minimum absolute atomic E-state index is 0.0413. The Balaban J connectivity index is 1.71. The highest BCUT2D eigenvalue weighted by Crippen LogP contribution is 2.33. The van der Waals surface area contributed by atoms with Gasteiger partial charge in [-0.15, -0.1) is 0 Å². The number of nitrogens with one attached hydrogen (secondary N) is 1. The van der Waals surface area contributed by atoms with Gasteiger partial charge in [0.1, 0.15) is 29.0 Å². The molecule has 31 heavy (non-hydrogen) atoms. The van der Waals surface area contributed by atoms with Crippen molar-refractivity contribution in [2.75, 3.05) is 11.9 Å². The van der Waals surface area contributed by atoms with Crippen LogP contribution in [-0.2, 0) is 17.9 Å². The van der Waals surface area contributed by atoms with Crippen LogP contribution in [0.3, 0.4) is 0 Å². The van der Waals surface area contributed by atoms with Gasteiger partial charge in [-0.3, -0.25) is 4.79 Å². The summed E-state index contributed by atoms with van der Waals surface area (Å²) in [6.45, 7) is 5.21. The largest absolute Gasteiger partial charge is 0.340 e. The van der Waals surface area contributed by atoms with Crippen molar-refractivity contribution < 1.29 is 13.6 Å². The van der Waals surface area contributed by atoms with Gasteiger partial charge in [0.2, 0.25) is 5.91 Å². The molecule has 0 saturated heterocycles. The minimum Gasteiger partial charge on any atom is -0.340 e. The second-order valence-corrected chi connectivity index (χ2v) is 8.05. The van der Waals surface area contributed by atoms with Crippen molar-refractivity contribution in [3.8, 4) is 11.3 Å². The summed E-state index contributed by atoms with van der Waals surface area (Å²) in [6, 6.07) is 11.6. The maximum atomic E-state index is 13.5. The molecular weight excluding hydrogens is 400 g/mol. The lowest BCUT2D eigenvalue weighted by molar-refractivity contribution is -0.135. The molecule has 1 amide bonds. The molecule has 0 spiro atoms. The van der Waals surface area contributed by atoms with E-state index in [2.05, 4.69) is 5.32 Å². The molecule has 0 bridgehead atoms.